The molecule has 7 heteroatoms. The summed E-state index contributed by atoms with van der Waals surface area (Å²) in [6.07, 6.45) is 4.11. The fourth-order valence-corrected chi connectivity index (χ4v) is 4.51. The average Bonchev–Trinajstić information content (AvgIpc) is 3.08. The minimum absolute atomic E-state index is 0.0461. The molecule has 0 bridgehead atoms. The van der Waals surface area contributed by atoms with Crippen LogP contribution in [0.3, 0.4) is 0 Å². The van der Waals surface area contributed by atoms with E-state index in [4.69, 9.17) is 4.74 Å². The molecule has 2 heterocycles. The zero-order valence-corrected chi connectivity index (χ0v) is 14.7. The van der Waals surface area contributed by atoms with E-state index in [9.17, 15) is 8.42 Å². The van der Waals surface area contributed by atoms with Crippen LogP contribution >= 0.6 is 0 Å². The Bertz CT molecular complexity index is 809. The first-order valence-corrected chi connectivity index (χ1v) is 9.47. The number of hydrogen-bond donors (Lipinski definition) is 0. The van der Waals surface area contributed by atoms with Crippen LogP contribution in [0.5, 0.6) is 5.75 Å². The highest BCUT2D eigenvalue weighted by molar-refractivity contribution is 7.89. The lowest BCUT2D eigenvalue weighted by Crippen LogP contribution is -2.29. The van der Waals surface area contributed by atoms with Gasteiger partial charge in [0.25, 0.3) is 0 Å². The van der Waals surface area contributed by atoms with Crippen molar-refractivity contribution in [2.24, 2.45) is 0 Å². The first-order chi connectivity index (χ1) is 11.5. The van der Waals surface area contributed by atoms with Gasteiger partial charge < -0.3 is 4.74 Å². The molecule has 0 aliphatic carbocycles. The van der Waals surface area contributed by atoms with Crippen LogP contribution in [-0.2, 0) is 10.0 Å². The summed E-state index contributed by atoms with van der Waals surface area (Å²) in [6, 6.07) is 6.77. The standard InChI is InChI=1S/C17H21N3O3S/c1-3-23-16-6-5-15(11-13(16)2)24(21,22)20-10-7-14(12-20)17-18-8-4-9-19-17/h4-6,8-9,11,14H,3,7,10,12H2,1-2H3. The van der Waals surface area contributed by atoms with E-state index < -0.39 is 10.0 Å². The Kier molecular flexibility index (Phi) is 4.82. The third-order valence-electron chi connectivity index (χ3n) is 4.19. The molecular formula is C17H21N3O3S. The second kappa shape index (κ2) is 6.86. The zero-order chi connectivity index (χ0) is 17.2. The fourth-order valence-electron chi connectivity index (χ4n) is 2.93. The highest BCUT2D eigenvalue weighted by Gasteiger charge is 2.34. The Balaban J connectivity index is 1.80. The van der Waals surface area contributed by atoms with E-state index in [1.807, 2.05) is 13.8 Å². The van der Waals surface area contributed by atoms with Crippen molar-refractivity contribution < 1.29 is 13.2 Å². The zero-order valence-electron chi connectivity index (χ0n) is 13.8. The van der Waals surface area contributed by atoms with Crippen LogP contribution in [0.4, 0.5) is 0 Å². The van der Waals surface area contributed by atoms with E-state index in [-0.39, 0.29) is 5.92 Å². The molecule has 1 saturated heterocycles. The molecule has 1 fully saturated rings. The van der Waals surface area contributed by atoms with Crippen LogP contribution < -0.4 is 4.74 Å². The monoisotopic (exact) mass is 347 g/mol. The van der Waals surface area contributed by atoms with Gasteiger partial charge in [-0.1, -0.05) is 0 Å². The summed E-state index contributed by atoms with van der Waals surface area (Å²) in [5.41, 5.74) is 0.820. The summed E-state index contributed by atoms with van der Waals surface area (Å²) in [5, 5.41) is 0. The van der Waals surface area contributed by atoms with Crippen LogP contribution in [0.25, 0.3) is 0 Å². The van der Waals surface area contributed by atoms with Gasteiger partial charge in [0, 0.05) is 31.4 Å². The topological polar surface area (TPSA) is 72.4 Å². The van der Waals surface area contributed by atoms with Gasteiger partial charge in [0.1, 0.15) is 11.6 Å². The van der Waals surface area contributed by atoms with Gasteiger partial charge in [-0.3, -0.25) is 0 Å². The lowest BCUT2D eigenvalue weighted by Gasteiger charge is -2.17. The van der Waals surface area contributed by atoms with Crippen molar-refractivity contribution in [1.82, 2.24) is 14.3 Å². The van der Waals surface area contributed by atoms with Gasteiger partial charge in [-0.2, -0.15) is 4.31 Å². The number of aromatic nitrogens is 2. The van der Waals surface area contributed by atoms with E-state index in [1.165, 1.54) is 4.31 Å². The van der Waals surface area contributed by atoms with Crippen LogP contribution in [-0.4, -0.2) is 42.4 Å². The maximum Gasteiger partial charge on any atom is 0.243 e. The molecule has 0 N–H and O–H groups in total. The van der Waals surface area contributed by atoms with Gasteiger partial charge in [0.15, 0.2) is 0 Å². The minimum Gasteiger partial charge on any atom is -0.494 e. The quantitative estimate of drug-likeness (QED) is 0.830. The molecule has 1 unspecified atom stereocenters. The summed E-state index contributed by atoms with van der Waals surface area (Å²) in [5.74, 6) is 1.47. The second-order valence-electron chi connectivity index (χ2n) is 5.82. The number of rotatable bonds is 5. The minimum atomic E-state index is -3.51. The third-order valence-corrected chi connectivity index (χ3v) is 6.05. The number of benzene rings is 1. The summed E-state index contributed by atoms with van der Waals surface area (Å²) >= 11 is 0. The maximum absolute atomic E-state index is 12.9. The second-order valence-corrected chi connectivity index (χ2v) is 7.75. The molecular weight excluding hydrogens is 326 g/mol. The molecule has 3 rings (SSSR count). The molecule has 1 aliphatic rings. The van der Waals surface area contributed by atoms with Gasteiger partial charge >= 0.3 is 0 Å². The van der Waals surface area contributed by atoms with Crippen molar-refractivity contribution in [3.05, 3.63) is 48.0 Å². The van der Waals surface area contributed by atoms with Crippen molar-refractivity contribution in [3.63, 3.8) is 0 Å². The normalized spacial score (nSPS) is 18.7. The number of hydrogen-bond acceptors (Lipinski definition) is 5. The molecule has 0 radical (unpaired) electrons. The molecule has 0 spiro atoms. The molecule has 1 aliphatic heterocycles. The van der Waals surface area contributed by atoms with Crippen molar-refractivity contribution in [3.8, 4) is 5.75 Å². The lowest BCUT2D eigenvalue weighted by molar-refractivity contribution is 0.337. The molecule has 128 valence electrons. The first-order valence-electron chi connectivity index (χ1n) is 8.03. The van der Waals surface area contributed by atoms with Crippen molar-refractivity contribution in [2.45, 2.75) is 31.1 Å². The molecule has 1 aromatic heterocycles. The van der Waals surface area contributed by atoms with Gasteiger partial charge in [0.2, 0.25) is 10.0 Å². The van der Waals surface area contributed by atoms with Crippen LogP contribution in [0, 0.1) is 6.92 Å². The summed E-state index contributed by atoms with van der Waals surface area (Å²) in [4.78, 5) is 8.80. The van der Waals surface area contributed by atoms with E-state index in [2.05, 4.69) is 9.97 Å². The van der Waals surface area contributed by atoms with E-state index in [0.717, 1.165) is 12.0 Å². The van der Waals surface area contributed by atoms with Gasteiger partial charge in [0.05, 0.1) is 11.5 Å². The van der Waals surface area contributed by atoms with Crippen LogP contribution in [0.2, 0.25) is 0 Å². The van der Waals surface area contributed by atoms with Crippen molar-refractivity contribution in [1.29, 1.82) is 0 Å². The molecule has 0 amide bonds. The smallest absolute Gasteiger partial charge is 0.243 e. The maximum atomic E-state index is 12.9. The number of nitrogens with zero attached hydrogens (tertiary/aromatic N) is 3. The van der Waals surface area contributed by atoms with Crippen LogP contribution in [0.1, 0.15) is 30.7 Å². The van der Waals surface area contributed by atoms with Gasteiger partial charge in [-0.25, -0.2) is 18.4 Å². The highest BCUT2D eigenvalue weighted by atomic mass is 32.2. The highest BCUT2D eigenvalue weighted by Crippen LogP contribution is 2.30. The van der Waals surface area contributed by atoms with Crippen molar-refractivity contribution >= 4 is 10.0 Å². The predicted molar refractivity (Wildman–Crippen MR) is 90.5 cm³/mol. The summed E-state index contributed by atoms with van der Waals surface area (Å²) in [7, 11) is -3.51. The number of aryl methyl sites for hydroxylation is 1. The largest absolute Gasteiger partial charge is 0.494 e. The number of ether oxygens (including phenoxy) is 1. The Labute approximate surface area is 142 Å². The van der Waals surface area contributed by atoms with Crippen LogP contribution in [0.15, 0.2) is 41.6 Å². The summed E-state index contributed by atoms with van der Waals surface area (Å²) < 4.78 is 32.8. The SMILES string of the molecule is CCOc1ccc(S(=O)(=O)N2CCC(c3ncccn3)C2)cc1C. The molecule has 0 saturated carbocycles. The predicted octanol–water partition coefficient (Wildman–Crippen LogP) is 2.36. The van der Waals surface area contributed by atoms with Crippen molar-refractivity contribution in [2.75, 3.05) is 19.7 Å². The molecule has 24 heavy (non-hydrogen) atoms. The van der Waals surface area contributed by atoms with Gasteiger partial charge in [-0.05, 0) is 50.1 Å². The fraction of sp³-hybridized carbons (Fsp3) is 0.412. The Morgan fingerprint density at radius 3 is 2.71 bits per heavy atom. The third kappa shape index (κ3) is 3.27. The average molecular weight is 347 g/mol. The Hall–Kier alpha value is -1.99. The Morgan fingerprint density at radius 2 is 2.04 bits per heavy atom. The van der Waals surface area contributed by atoms with Gasteiger partial charge in [-0.15, -0.1) is 0 Å². The van der Waals surface area contributed by atoms with E-state index in [1.54, 1.807) is 36.7 Å². The molecule has 1 atom stereocenters. The molecule has 6 nitrogen and oxygen atoms in total. The molecule has 1 aromatic carbocycles. The van der Waals surface area contributed by atoms with E-state index in [0.29, 0.717) is 36.2 Å². The molecule has 2 aromatic rings. The first kappa shape index (κ1) is 16.9. The number of sulfonamides is 1. The lowest BCUT2D eigenvalue weighted by atomic mass is 10.1. The van der Waals surface area contributed by atoms with E-state index >= 15 is 0 Å². The summed E-state index contributed by atoms with van der Waals surface area (Å²) in [6.45, 7) is 5.21. The Morgan fingerprint density at radius 1 is 1.29 bits per heavy atom.